The van der Waals surface area contributed by atoms with Crippen LogP contribution >= 0.6 is 0 Å². The fourth-order valence-corrected chi connectivity index (χ4v) is 3.77. The van der Waals surface area contributed by atoms with Gasteiger partial charge in [-0.1, -0.05) is 35.5 Å². The summed E-state index contributed by atoms with van der Waals surface area (Å²) in [4.78, 5) is 12.0. The molecule has 1 aromatic carbocycles. The van der Waals surface area contributed by atoms with Crippen LogP contribution in [0, 0.1) is 13.8 Å². The van der Waals surface area contributed by atoms with Crippen LogP contribution < -0.4 is 5.32 Å². The van der Waals surface area contributed by atoms with Gasteiger partial charge < -0.3 is 9.84 Å². The molecule has 0 bridgehead atoms. The van der Waals surface area contributed by atoms with Crippen LogP contribution in [0.4, 0.5) is 0 Å². The molecule has 0 aliphatic rings. The third kappa shape index (κ3) is 4.21. The molecule has 1 N–H and O–H groups in total. The number of benzene rings is 1. The van der Waals surface area contributed by atoms with Crippen LogP contribution in [0.25, 0.3) is 0 Å². The van der Waals surface area contributed by atoms with Crippen molar-refractivity contribution in [1.82, 2.24) is 14.8 Å². The summed E-state index contributed by atoms with van der Waals surface area (Å²) in [7, 11) is -2.23. The molecule has 130 valence electrons. The minimum Gasteiger partial charge on any atom is -0.360 e. The van der Waals surface area contributed by atoms with Crippen LogP contribution in [0.2, 0.25) is 0 Å². The van der Waals surface area contributed by atoms with Gasteiger partial charge in [0.05, 0.1) is 6.42 Å². The Bertz CT molecular complexity index is 780. The highest BCUT2D eigenvalue weighted by Gasteiger charge is 2.28. The molecule has 1 aromatic heterocycles. The zero-order valence-electron chi connectivity index (χ0n) is 13.9. The second-order valence-electron chi connectivity index (χ2n) is 5.49. The smallest absolute Gasteiger partial charge is 0.248 e. The number of amides is 1. The number of sulfonamides is 1. The quantitative estimate of drug-likeness (QED) is 0.811. The van der Waals surface area contributed by atoms with E-state index in [0.29, 0.717) is 5.69 Å². The number of carbonyl (C=O) groups excluding carboxylic acids is 1. The van der Waals surface area contributed by atoms with Crippen molar-refractivity contribution in [3.05, 3.63) is 47.3 Å². The lowest BCUT2D eigenvalue weighted by atomic mass is 10.1. The number of aryl methyl sites for hydroxylation is 2. The number of nitrogens with one attached hydrogen (secondary N) is 1. The number of rotatable bonds is 7. The van der Waals surface area contributed by atoms with E-state index in [1.165, 1.54) is 11.4 Å². The maximum atomic E-state index is 12.5. The molecule has 0 saturated heterocycles. The van der Waals surface area contributed by atoms with E-state index in [0.717, 1.165) is 5.56 Å². The molecule has 0 atom stereocenters. The Morgan fingerprint density at radius 1 is 1.25 bits per heavy atom. The van der Waals surface area contributed by atoms with E-state index in [9.17, 15) is 13.2 Å². The van der Waals surface area contributed by atoms with Crippen molar-refractivity contribution in [3.63, 3.8) is 0 Å². The summed E-state index contributed by atoms with van der Waals surface area (Å²) in [6.07, 6.45) is 0.265. The summed E-state index contributed by atoms with van der Waals surface area (Å²) >= 11 is 0. The van der Waals surface area contributed by atoms with Crippen LogP contribution in [-0.2, 0) is 21.2 Å². The molecule has 2 rings (SSSR count). The predicted molar refractivity (Wildman–Crippen MR) is 88.9 cm³/mol. The SMILES string of the molecule is Cc1noc(C)c1S(=O)(=O)N(C)CCNC(=O)Cc1ccccc1. The summed E-state index contributed by atoms with van der Waals surface area (Å²) in [6, 6.07) is 9.36. The van der Waals surface area contributed by atoms with Gasteiger partial charge in [-0.25, -0.2) is 8.42 Å². The van der Waals surface area contributed by atoms with Crippen LogP contribution in [-0.4, -0.2) is 43.9 Å². The van der Waals surface area contributed by atoms with Crippen molar-refractivity contribution >= 4 is 15.9 Å². The number of nitrogens with zero attached hydrogens (tertiary/aromatic N) is 2. The van der Waals surface area contributed by atoms with E-state index in [1.54, 1.807) is 13.8 Å². The largest absolute Gasteiger partial charge is 0.360 e. The Morgan fingerprint density at radius 2 is 1.92 bits per heavy atom. The molecule has 8 heteroatoms. The molecule has 0 unspecified atom stereocenters. The van der Waals surface area contributed by atoms with Crippen molar-refractivity contribution in [2.24, 2.45) is 0 Å². The number of carbonyl (C=O) groups is 1. The first kappa shape index (κ1) is 18.2. The van der Waals surface area contributed by atoms with Gasteiger partial charge in [-0.05, 0) is 19.4 Å². The average molecular weight is 351 g/mol. The van der Waals surface area contributed by atoms with Crippen molar-refractivity contribution in [2.75, 3.05) is 20.1 Å². The number of likely N-dealkylation sites (N-methyl/N-ethyl adjacent to an activating group) is 1. The Morgan fingerprint density at radius 3 is 2.50 bits per heavy atom. The molecular formula is C16H21N3O4S. The first-order valence-corrected chi connectivity index (χ1v) is 8.96. The van der Waals surface area contributed by atoms with Crippen molar-refractivity contribution in [1.29, 1.82) is 0 Å². The van der Waals surface area contributed by atoms with E-state index in [2.05, 4.69) is 10.5 Å². The van der Waals surface area contributed by atoms with Crippen LogP contribution in [0.5, 0.6) is 0 Å². The van der Waals surface area contributed by atoms with Gasteiger partial charge in [0.15, 0.2) is 5.76 Å². The molecule has 24 heavy (non-hydrogen) atoms. The molecule has 1 amide bonds. The van der Waals surface area contributed by atoms with E-state index < -0.39 is 10.0 Å². The Hall–Kier alpha value is -2.19. The Labute approximate surface area is 141 Å². The topological polar surface area (TPSA) is 92.5 Å². The molecule has 0 fully saturated rings. The van der Waals surface area contributed by atoms with Gasteiger partial charge in [0.2, 0.25) is 15.9 Å². The fourth-order valence-electron chi connectivity index (χ4n) is 2.32. The normalized spacial score (nSPS) is 11.7. The predicted octanol–water partition coefficient (Wildman–Crippen LogP) is 1.27. The zero-order valence-corrected chi connectivity index (χ0v) is 14.8. The van der Waals surface area contributed by atoms with E-state index in [4.69, 9.17) is 4.52 Å². The van der Waals surface area contributed by atoms with Gasteiger partial charge in [-0.2, -0.15) is 4.31 Å². The summed E-state index contributed by atoms with van der Waals surface area (Å²) in [6.45, 7) is 3.53. The molecule has 2 aromatic rings. The first-order chi connectivity index (χ1) is 11.3. The first-order valence-electron chi connectivity index (χ1n) is 7.52. The molecule has 0 radical (unpaired) electrons. The maximum absolute atomic E-state index is 12.5. The van der Waals surface area contributed by atoms with Gasteiger partial charge in [0.1, 0.15) is 10.6 Å². The third-order valence-electron chi connectivity index (χ3n) is 3.59. The van der Waals surface area contributed by atoms with Gasteiger partial charge >= 0.3 is 0 Å². The molecule has 7 nitrogen and oxygen atoms in total. The maximum Gasteiger partial charge on any atom is 0.248 e. The lowest BCUT2D eigenvalue weighted by Crippen LogP contribution is -2.37. The van der Waals surface area contributed by atoms with Crippen LogP contribution in [0.1, 0.15) is 17.0 Å². The molecule has 0 saturated carbocycles. The summed E-state index contributed by atoms with van der Waals surface area (Å²) in [5.41, 5.74) is 1.24. The summed E-state index contributed by atoms with van der Waals surface area (Å²) in [5.74, 6) is 0.108. The van der Waals surface area contributed by atoms with Crippen molar-refractivity contribution < 1.29 is 17.7 Å². The molecular weight excluding hydrogens is 330 g/mol. The summed E-state index contributed by atoms with van der Waals surface area (Å²) in [5, 5.41) is 6.39. The lowest BCUT2D eigenvalue weighted by molar-refractivity contribution is -0.120. The van der Waals surface area contributed by atoms with Gasteiger partial charge in [-0.15, -0.1) is 0 Å². The van der Waals surface area contributed by atoms with E-state index in [1.807, 2.05) is 30.3 Å². The number of hydrogen-bond donors (Lipinski definition) is 1. The monoisotopic (exact) mass is 351 g/mol. The fraction of sp³-hybridized carbons (Fsp3) is 0.375. The second kappa shape index (κ2) is 7.59. The number of aromatic nitrogens is 1. The average Bonchev–Trinajstić information content (AvgIpc) is 2.87. The standard InChI is InChI=1S/C16H21N3O4S/c1-12-16(13(2)23-18-12)24(21,22)19(3)10-9-17-15(20)11-14-7-5-4-6-8-14/h4-8H,9-11H2,1-3H3,(H,17,20). The lowest BCUT2D eigenvalue weighted by Gasteiger charge is -2.17. The van der Waals surface area contributed by atoms with Crippen LogP contribution in [0.15, 0.2) is 39.8 Å². The van der Waals surface area contributed by atoms with Crippen molar-refractivity contribution in [2.45, 2.75) is 25.2 Å². The van der Waals surface area contributed by atoms with Gasteiger partial charge in [-0.3, -0.25) is 4.79 Å². The van der Waals surface area contributed by atoms with E-state index in [-0.39, 0.29) is 36.1 Å². The van der Waals surface area contributed by atoms with Gasteiger partial charge in [0, 0.05) is 20.1 Å². The molecule has 1 heterocycles. The number of hydrogen-bond acceptors (Lipinski definition) is 5. The molecule has 0 aliphatic heterocycles. The van der Waals surface area contributed by atoms with E-state index >= 15 is 0 Å². The highest BCUT2D eigenvalue weighted by Crippen LogP contribution is 2.21. The van der Waals surface area contributed by atoms with Crippen LogP contribution in [0.3, 0.4) is 0 Å². The highest BCUT2D eigenvalue weighted by molar-refractivity contribution is 7.89. The Kier molecular flexibility index (Phi) is 5.74. The van der Waals surface area contributed by atoms with Gasteiger partial charge in [0.25, 0.3) is 0 Å². The highest BCUT2D eigenvalue weighted by atomic mass is 32.2. The minimum atomic E-state index is -3.69. The third-order valence-corrected chi connectivity index (χ3v) is 5.69. The minimum absolute atomic E-state index is 0.0839. The Balaban J connectivity index is 1.89. The zero-order chi connectivity index (χ0) is 17.7. The molecule has 0 aliphatic carbocycles. The van der Waals surface area contributed by atoms with Crippen molar-refractivity contribution in [3.8, 4) is 0 Å². The second-order valence-corrected chi connectivity index (χ2v) is 7.47. The summed E-state index contributed by atoms with van der Waals surface area (Å²) < 4.78 is 31.1. The molecule has 0 spiro atoms.